The second-order valence-electron chi connectivity index (χ2n) is 4.84. The highest BCUT2D eigenvalue weighted by Crippen LogP contribution is 2.21. The maximum absolute atomic E-state index is 12.4. The summed E-state index contributed by atoms with van der Waals surface area (Å²) in [5.41, 5.74) is 8.76. The number of anilines is 1. The SMILES string of the molecule is Nc1cc(C(=O)Cc2ccc(I)cc2)nc2ccccc12. The molecule has 0 radical (unpaired) electrons. The Morgan fingerprint density at radius 3 is 2.57 bits per heavy atom. The number of rotatable bonds is 3. The number of ketones is 1. The molecule has 0 unspecified atom stereocenters. The van der Waals surface area contributed by atoms with Crippen LogP contribution in [0.2, 0.25) is 0 Å². The van der Waals surface area contributed by atoms with Crippen molar-refractivity contribution in [1.29, 1.82) is 0 Å². The smallest absolute Gasteiger partial charge is 0.185 e. The Hall–Kier alpha value is -1.95. The van der Waals surface area contributed by atoms with Gasteiger partial charge in [-0.05, 0) is 52.4 Å². The lowest BCUT2D eigenvalue weighted by atomic mass is 10.1. The first kappa shape index (κ1) is 14.0. The number of aromatic nitrogens is 1. The molecular weight excluding hydrogens is 375 g/mol. The van der Waals surface area contributed by atoms with E-state index in [1.807, 2.05) is 48.5 Å². The van der Waals surface area contributed by atoms with Gasteiger partial charge in [0.05, 0.1) is 5.52 Å². The molecule has 3 aromatic rings. The van der Waals surface area contributed by atoms with Crippen LogP contribution in [0.25, 0.3) is 10.9 Å². The zero-order valence-electron chi connectivity index (χ0n) is 11.2. The molecule has 0 bridgehead atoms. The molecule has 0 aliphatic carbocycles. The van der Waals surface area contributed by atoms with Gasteiger partial charge in [0.15, 0.2) is 5.78 Å². The molecule has 0 atom stereocenters. The van der Waals surface area contributed by atoms with E-state index in [0.717, 1.165) is 20.0 Å². The fourth-order valence-corrected chi connectivity index (χ4v) is 2.58. The molecule has 0 fully saturated rings. The molecule has 1 heterocycles. The van der Waals surface area contributed by atoms with Gasteiger partial charge in [0, 0.05) is 21.1 Å². The summed E-state index contributed by atoms with van der Waals surface area (Å²) in [5.74, 6) is -0.0198. The molecule has 21 heavy (non-hydrogen) atoms. The van der Waals surface area contributed by atoms with Crippen molar-refractivity contribution in [2.75, 3.05) is 5.73 Å². The Morgan fingerprint density at radius 1 is 1.10 bits per heavy atom. The third-order valence-electron chi connectivity index (χ3n) is 3.31. The van der Waals surface area contributed by atoms with Crippen molar-refractivity contribution in [3.05, 3.63) is 69.4 Å². The van der Waals surface area contributed by atoms with Gasteiger partial charge in [0.1, 0.15) is 5.69 Å². The average molecular weight is 388 g/mol. The van der Waals surface area contributed by atoms with Crippen LogP contribution in [0, 0.1) is 3.57 Å². The second kappa shape index (κ2) is 5.81. The molecule has 0 aliphatic rings. The van der Waals surface area contributed by atoms with E-state index < -0.39 is 0 Å². The molecule has 2 N–H and O–H groups in total. The molecule has 104 valence electrons. The van der Waals surface area contributed by atoms with Crippen LogP contribution in [0.1, 0.15) is 16.1 Å². The number of para-hydroxylation sites is 1. The largest absolute Gasteiger partial charge is 0.398 e. The molecule has 1 aromatic heterocycles. The Kier molecular flexibility index (Phi) is 3.88. The number of fused-ring (bicyclic) bond motifs is 1. The molecule has 3 rings (SSSR count). The Labute approximate surface area is 136 Å². The van der Waals surface area contributed by atoms with Gasteiger partial charge in [-0.25, -0.2) is 4.98 Å². The van der Waals surface area contributed by atoms with Gasteiger partial charge in [0.25, 0.3) is 0 Å². The van der Waals surface area contributed by atoms with E-state index in [0.29, 0.717) is 17.8 Å². The lowest BCUT2D eigenvalue weighted by Crippen LogP contribution is -2.07. The number of halogens is 1. The highest BCUT2D eigenvalue weighted by molar-refractivity contribution is 14.1. The Morgan fingerprint density at radius 2 is 1.81 bits per heavy atom. The summed E-state index contributed by atoms with van der Waals surface area (Å²) in [6, 6.07) is 17.1. The van der Waals surface area contributed by atoms with Gasteiger partial charge in [-0.15, -0.1) is 0 Å². The summed E-state index contributed by atoms with van der Waals surface area (Å²) in [4.78, 5) is 16.8. The Balaban J connectivity index is 1.92. The normalized spacial score (nSPS) is 10.7. The van der Waals surface area contributed by atoms with E-state index in [-0.39, 0.29) is 5.78 Å². The maximum Gasteiger partial charge on any atom is 0.185 e. The van der Waals surface area contributed by atoms with E-state index in [9.17, 15) is 4.79 Å². The topological polar surface area (TPSA) is 56.0 Å². The zero-order valence-corrected chi connectivity index (χ0v) is 13.4. The van der Waals surface area contributed by atoms with Crippen molar-refractivity contribution in [3.63, 3.8) is 0 Å². The summed E-state index contributed by atoms with van der Waals surface area (Å²) in [6.07, 6.45) is 0.335. The van der Waals surface area contributed by atoms with Crippen molar-refractivity contribution >= 4 is 45.0 Å². The minimum atomic E-state index is -0.0198. The molecule has 0 aliphatic heterocycles. The molecule has 0 spiro atoms. The van der Waals surface area contributed by atoms with Crippen LogP contribution in [0.15, 0.2) is 54.6 Å². The fourth-order valence-electron chi connectivity index (χ4n) is 2.22. The molecule has 2 aromatic carbocycles. The number of benzene rings is 2. The lowest BCUT2D eigenvalue weighted by molar-refractivity contribution is 0.0988. The number of nitrogens with two attached hydrogens (primary N) is 1. The van der Waals surface area contributed by atoms with Crippen LogP contribution >= 0.6 is 22.6 Å². The first-order valence-electron chi connectivity index (χ1n) is 6.56. The van der Waals surface area contributed by atoms with Crippen molar-refractivity contribution in [2.24, 2.45) is 0 Å². The lowest BCUT2D eigenvalue weighted by Gasteiger charge is -2.06. The molecule has 0 saturated carbocycles. The van der Waals surface area contributed by atoms with E-state index in [1.54, 1.807) is 6.07 Å². The van der Waals surface area contributed by atoms with Crippen LogP contribution in [-0.4, -0.2) is 10.8 Å². The third-order valence-corrected chi connectivity index (χ3v) is 4.03. The summed E-state index contributed by atoms with van der Waals surface area (Å²) in [6.45, 7) is 0. The van der Waals surface area contributed by atoms with Gasteiger partial charge in [0.2, 0.25) is 0 Å². The molecule has 0 saturated heterocycles. The Bertz CT molecular complexity index is 813. The first-order chi connectivity index (χ1) is 10.1. The van der Waals surface area contributed by atoms with Crippen LogP contribution in [0.5, 0.6) is 0 Å². The van der Waals surface area contributed by atoms with Gasteiger partial charge >= 0.3 is 0 Å². The predicted molar refractivity (Wildman–Crippen MR) is 93.3 cm³/mol. The van der Waals surface area contributed by atoms with Crippen LogP contribution in [-0.2, 0) is 6.42 Å². The number of nitrogen functional groups attached to an aromatic ring is 1. The summed E-state index contributed by atoms with van der Waals surface area (Å²) in [5, 5.41) is 0.878. The van der Waals surface area contributed by atoms with Crippen LogP contribution in [0.4, 0.5) is 5.69 Å². The predicted octanol–water partition coefficient (Wildman–Crippen LogP) is 3.85. The number of carbonyl (C=O) groups excluding carboxylic acids is 1. The van der Waals surface area contributed by atoms with E-state index in [1.165, 1.54) is 0 Å². The minimum absolute atomic E-state index is 0.0198. The molecular formula is C17H13IN2O. The third kappa shape index (κ3) is 3.05. The standard InChI is InChI=1S/C17H13IN2O/c18-12-7-5-11(6-8-12)9-17(21)16-10-14(19)13-3-1-2-4-15(13)20-16/h1-8,10H,9H2,(H2,19,20). The van der Waals surface area contributed by atoms with E-state index in [4.69, 9.17) is 5.73 Å². The number of carbonyl (C=O) groups is 1. The van der Waals surface area contributed by atoms with Gasteiger partial charge in [-0.1, -0.05) is 30.3 Å². The van der Waals surface area contributed by atoms with Crippen LogP contribution in [0.3, 0.4) is 0 Å². The van der Waals surface area contributed by atoms with Gasteiger partial charge < -0.3 is 5.73 Å². The molecule has 0 amide bonds. The maximum atomic E-state index is 12.4. The van der Waals surface area contributed by atoms with Crippen molar-refractivity contribution in [1.82, 2.24) is 4.98 Å². The van der Waals surface area contributed by atoms with Gasteiger partial charge in [-0.3, -0.25) is 4.79 Å². The quantitative estimate of drug-likeness (QED) is 0.548. The monoisotopic (exact) mass is 388 g/mol. The van der Waals surface area contributed by atoms with E-state index >= 15 is 0 Å². The number of Topliss-reactive ketones (excluding diaryl/α,β-unsaturated/α-hetero) is 1. The van der Waals surface area contributed by atoms with Crippen LogP contribution < -0.4 is 5.73 Å². The van der Waals surface area contributed by atoms with Crippen molar-refractivity contribution in [3.8, 4) is 0 Å². The molecule has 4 heteroatoms. The second-order valence-corrected chi connectivity index (χ2v) is 6.09. The van der Waals surface area contributed by atoms with Crippen molar-refractivity contribution < 1.29 is 4.79 Å². The summed E-state index contributed by atoms with van der Waals surface area (Å²) in [7, 11) is 0. The number of nitrogens with zero attached hydrogens (tertiary/aromatic N) is 1. The minimum Gasteiger partial charge on any atom is -0.398 e. The number of pyridine rings is 1. The summed E-state index contributed by atoms with van der Waals surface area (Å²) >= 11 is 2.24. The average Bonchev–Trinajstić information content (AvgIpc) is 2.49. The molecule has 3 nitrogen and oxygen atoms in total. The highest BCUT2D eigenvalue weighted by Gasteiger charge is 2.11. The zero-order chi connectivity index (χ0) is 14.8. The first-order valence-corrected chi connectivity index (χ1v) is 7.64. The fraction of sp³-hybridized carbons (Fsp3) is 0.0588. The van der Waals surface area contributed by atoms with E-state index in [2.05, 4.69) is 27.6 Å². The summed E-state index contributed by atoms with van der Waals surface area (Å²) < 4.78 is 1.15. The van der Waals surface area contributed by atoms with Crippen molar-refractivity contribution in [2.45, 2.75) is 6.42 Å². The van der Waals surface area contributed by atoms with Gasteiger partial charge in [-0.2, -0.15) is 0 Å². The highest BCUT2D eigenvalue weighted by atomic mass is 127. The number of hydrogen-bond donors (Lipinski definition) is 1. The number of hydrogen-bond acceptors (Lipinski definition) is 3.